The summed E-state index contributed by atoms with van der Waals surface area (Å²) in [4.78, 5) is 14.9. The molecule has 6 rings (SSSR count). The van der Waals surface area contributed by atoms with E-state index in [9.17, 15) is 0 Å². The smallest absolute Gasteiger partial charge is 0.318 e. The molecule has 0 aromatic carbocycles. The third-order valence-corrected chi connectivity index (χ3v) is 5.36. The minimum atomic E-state index is 0.295. The molecular weight excluding hydrogens is 406 g/mol. The summed E-state index contributed by atoms with van der Waals surface area (Å²) in [5.74, 6) is 1.49. The molecule has 0 fully saturated rings. The number of aromatic nitrogens is 8. The summed E-state index contributed by atoms with van der Waals surface area (Å²) in [6, 6.07) is 7.84. The topological polar surface area (TPSA) is 103 Å². The molecular formula is C19H14ClN9O. The Morgan fingerprint density at radius 2 is 1.97 bits per heavy atom. The molecule has 0 radical (unpaired) electrons. The zero-order valence-electron chi connectivity index (χ0n) is 15.6. The quantitative estimate of drug-likeness (QED) is 0.439. The van der Waals surface area contributed by atoms with Gasteiger partial charge < -0.3 is 9.32 Å². The first-order valence-corrected chi connectivity index (χ1v) is 9.69. The number of nitrogens with zero attached hydrogens (tertiary/aromatic N) is 9. The molecule has 30 heavy (non-hydrogen) atoms. The van der Waals surface area contributed by atoms with Crippen LogP contribution in [0.25, 0.3) is 23.0 Å². The van der Waals surface area contributed by atoms with Gasteiger partial charge in [-0.15, -0.1) is 10.2 Å². The van der Waals surface area contributed by atoms with Crippen LogP contribution in [0.4, 0.5) is 6.01 Å². The van der Waals surface area contributed by atoms with E-state index in [2.05, 4.69) is 30.2 Å². The van der Waals surface area contributed by atoms with Gasteiger partial charge in [-0.2, -0.15) is 0 Å². The minimum Gasteiger partial charge on any atom is -0.400 e. The number of rotatable bonds is 3. The van der Waals surface area contributed by atoms with Crippen molar-refractivity contribution in [2.24, 2.45) is 0 Å². The van der Waals surface area contributed by atoms with E-state index >= 15 is 0 Å². The molecule has 5 aromatic rings. The van der Waals surface area contributed by atoms with Gasteiger partial charge in [0.25, 0.3) is 5.89 Å². The largest absolute Gasteiger partial charge is 0.400 e. The molecule has 1 aliphatic rings. The summed E-state index contributed by atoms with van der Waals surface area (Å²) < 4.78 is 9.56. The SMILES string of the molecule is Clc1cccn2nc(-n3cnc4c3CCN(c3nnc(-c5ncccn5)o3)C4)cc12. The van der Waals surface area contributed by atoms with Gasteiger partial charge in [0.05, 0.1) is 28.5 Å². The first kappa shape index (κ1) is 17.1. The van der Waals surface area contributed by atoms with Crippen molar-refractivity contribution < 1.29 is 4.42 Å². The first-order valence-electron chi connectivity index (χ1n) is 9.31. The lowest BCUT2D eigenvalue weighted by atomic mass is 10.1. The minimum absolute atomic E-state index is 0.295. The molecule has 11 heteroatoms. The maximum atomic E-state index is 6.28. The van der Waals surface area contributed by atoms with E-state index in [0.29, 0.717) is 35.8 Å². The molecule has 0 spiro atoms. The van der Waals surface area contributed by atoms with Gasteiger partial charge in [-0.25, -0.2) is 19.5 Å². The Balaban J connectivity index is 1.29. The predicted molar refractivity (Wildman–Crippen MR) is 107 cm³/mol. The molecule has 5 aromatic heterocycles. The third kappa shape index (κ3) is 2.72. The van der Waals surface area contributed by atoms with E-state index < -0.39 is 0 Å². The van der Waals surface area contributed by atoms with Crippen LogP contribution < -0.4 is 4.90 Å². The van der Waals surface area contributed by atoms with Crippen LogP contribution in [-0.4, -0.2) is 45.9 Å². The second-order valence-corrected chi connectivity index (χ2v) is 7.24. The second-order valence-electron chi connectivity index (χ2n) is 6.83. The molecule has 0 unspecified atom stereocenters. The Morgan fingerprint density at radius 1 is 1.07 bits per heavy atom. The summed E-state index contributed by atoms with van der Waals surface area (Å²) in [6.45, 7) is 1.28. The van der Waals surface area contributed by atoms with E-state index in [4.69, 9.17) is 16.0 Å². The van der Waals surface area contributed by atoms with Crippen LogP contribution in [0.2, 0.25) is 5.02 Å². The Bertz CT molecular complexity index is 1360. The van der Waals surface area contributed by atoms with Crippen LogP contribution in [0.1, 0.15) is 11.4 Å². The first-order chi connectivity index (χ1) is 14.8. The average Bonchev–Trinajstić information content (AvgIpc) is 3.51. The summed E-state index contributed by atoms with van der Waals surface area (Å²) in [7, 11) is 0. The zero-order chi connectivity index (χ0) is 20.1. The van der Waals surface area contributed by atoms with Crippen LogP contribution in [0.5, 0.6) is 0 Å². The summed E-state index contributed by atoms with van der Waals surface area (Å²) in [5.41, 5.74) is 2.91. The molecule has 0 aliphatic carbocycles. The lowest BCUT2D eigenvalue weighted by molar-refractivity contribution is 0.526. The fourth-order valence-electron chi connectivity index (χ4n) is 3.60. The van der Waals surface area contributed by atoms with Crippen molar-refractivity contribution in [3.8, 4) is 17.5 Å². The number of hydrogen-bond donors (Lipinski definition) is 0. The predicted octanol–water partition coefficient (Wildman–Crippen LogP) is 2.58. The third-order valence-electron chi connectivity index (χ3n) is 5.04. The Hall–Kier alpha value is -3.79. The molecule has 1 aliphatic heterocycles. The van der Waals surface area contributed by atoms with Crippen LogP contribution in [0.15, 0.2) is 53.6 Å². The monoisotopic (exact) mass is 419 g/mol. The van der Waals surface area contributed by atoms with Gasteiger partial charge in [-0.1, -0.05) is 16.7 Å². The van der Waals surface area contributed by atoms with Crippen molar-refractivity contribution in [3.05, 3.63) is 65.6 Å². The van der Waals surface area contributed by atoms with Crippen molar-refractivity contribution in [2.45, 2.75) is 13.0 Å². The molecule has 6 heterocycles. The highest BCUT2D eigenvalue weighted by atomic mass is 35.5. The van der Waals surface area contributed by atoms with Crippen molar-refractivity contribution in [1.29, 1.82) is 0 Å². The summed E-state index contributed by atoms with van der Waals surface area (Å²) in [6.07, 6.45) is 7.70. The number of halogens is 1. The molecule has 0 saturated carbocycles. The van der Waals surface area contributed by atoms with Gasteiger partial charge in [-0.3, -0.25) is 4.57 Å². The number of anilines is 1. The van der Waals surface area contributed by atoms with Gasteiger partial charge in [0.1, 0.15) is 6.33 Å². The summed E-state index contributed by atoms with van der Waals surface area (Å²) >= 11 is 6.28. The van der Waals surface area contributed by atoms with E-state index in [1.807, 2.05) is 33.9 Å². The highest BCUT2D eigenvalue weighted by molar-refractivity contribution is 6.33. The van der Waals surface area contributed by atoms with Crippen LogP contribution in [0, 0.1) is 0 Å². The van der Waals surface area contributed by atoms with Crippen molar-refractivity contribution >= 4 is 23.1 Å². The lowest BCUT2D eigenvalue weighted by Crippen LogP contribution is -2.31. The van der Waals surface area contributed by atoms with Gasteiger partial charge in [0, 0.05) is 37.6 Å². The van der Waals surface area contributed by atoms with Gasteiger partial charge in [0.15, 0.2) is 5.82 Å². The highest BCUT2D eigenvalue weighted by Crippen LogP contribution is 2.27. The molecule has 0 bridgehead atoms. The van der Waals surface area contributed by atoms with Crippen molar-refractivity contribution in [1.82, 2.24) is 39.3 Å². The highest BCUT2D eigenvalue weighted by Gasteiger charge is 2.26. The van der Waals surface area contributed by atoms with Crippen molar-refractivity contribution in [2.75, 3.05) is 11.4 Å². The fraction of sp³-hybridized carbons (Fsp3) is 0.158. The maximum Gasteiger partial charge on any atom is 0.318 e. The Morgan fingerprint density at radius 3 is 2.83 bits per heavy atom. The van der Waals surface area contributed by atoms with E-state index in [1.54, 1.807) is 29.3 Å². The lowest BCUT2D eigenvalue weighted by Gasteiger charge is -2.24. The maximum absolute atomic E-state index is 6.28. The number of imidazole rings is 1. The molecule has 0 atom stereocenters. The standard InChI is InChI=1S/C19H14ClN9O/c20-12-3-1-7-29-15(12)9-16(26-29)28-11-23-13-10-27(8-4-14(13)28)19-25-24-18(30-19)17-21-5-2-6-22-17/h1-3,5-7,9,11H,4,8,10H2. The Labute approximate surface area is 174 Å². The van der Waals surface area contributed by atoms with Gasteiger partial charge in [-0.05, 0) is 18.2 Å². The van der Waals surface area contributed by atoms with E-state index in [0.717, 1.165) is 29.1 Å². The molecule has 0 N–H and O–H groups in total. The van der Waals surface area contributed by atoms with E-state index in [1.165, 1.54) is 0 Å². The summed E-state index contributed by atoms with van der Waals surface area (Å²) in [5, 5.41) is 13.5. The van der Waals surface area contributed by atoms with Crippen LogP contribution >= 0.6 is 11.6 Å². The molecule has 10 nitrogen and oxygen atoms in total. The van der Waals surface area contributed by atoms with Gasteiger partial charge in [0.2, 0.25) is 5.82 Å². The molecule has 0 saturated heterocycles. The normalized spacial score (nSPS) is 13.7. The van der Waals surface area contributed by atoms with Crippen LogP contribution in [-0.2, 0) is 13.0 Å². The van der Waals surface area contributed by atoms with Gasteiger partial charge >= 0.3 is 6.01 Å². The zero-order valence-corrected chi connectivity index (χ0v) is 16.3. The fourth-order valence-corrected chi connectivity index (χ4v) is 3.81. The average molecular weight is 420 g/mol. The Kier molecular flexibility index (Phi) is 3.78. The van der Waals surface area contributed by atoms with Crippen molar-refractivity contribution in [3.63, 3.8) is 0 Å². The number of fused-ring (bicyclic) bond motifs is 2. The van der Waals surface area contributed by atoms with E-state index in [-0.39, 0.29) is 0 Å². The number of pyridine rings is 1. The molecule has 0 amide bonds. The molecule has 148 valence electrons. The van der Waals surface area contributed by atoms with Crippen LogP contribution in [0.3, 0.4) is 0 Å². The number of hydrogen-bond acceptors (Lipinski definition) is 8. The second kappa shape index (κ2) is 6.63.